The Bertz CT molecular complexity index is 752. The predicted molar refractivity (Wildman–Crippen MR) is 98.8 cm³/mol. The summed E-state index contributed by atoms with van der Waals surface area (Å²) >= 11 is 3.28. The Balaban J connectivity index is 1.88. The lowest BCUT2D eigenvalue weighted by molar-refractivity contribution is 0.360. The summed E-state index contributed by atoms with van der Waals surface area (Å²) in [6, 6.07) is 3.46. The molecule has 0 bridgehead atoms. The molecular weight excluding hydrogens is 373 g/mol. The van der Waals surface area contributed by atoms with Crippen molar-refractivity contribution in [2.24, 2.45) is 9.98 Å². The van der Waals surface area contributed by atoms with Crippen molar-refractivity contribution in [1.29, 1.82) is 0 Å². The number of halogens is 2. The summed E-state index contributed by atoms with van der Waals surface area (Å²) in [6.07, 6.45) is 5.03. The molecule has 126 valence electrons. The normalized spacial score (nSPS) is 23.2. The minimum Gasteiger partial charge on any atom is -0.351 e. The molecule has 7 heteroatoms. The largest absolute Gasteiger partial charge is 0.351 e. The van der Waals surface area contributed by atoms with Gasteiger partial charge in [0.2, 0.25) is 0 Å². The lowest BCUT2D eigenvalue weighted by Crippen LogP contribution is -2.52. The number of amidine groups is 2. The zero-order valence-corrected chi connectivity index (χ0v) is 15.1. The fraction of sp³-hybridized carbons (Fsp3) is 0.412. The number of aliphatic imine (C=N–C) groups is 2. The number of nitrogens with zero attached hydrogens (tertiary/aromatic N) is 4. The van der Waals surface area contributed by atoms with Gasteiger partial charge in [-0.05, 0) is 35.3 Å². The van der Waals surface area contributed by atoms with E-state index in [0.717, 1.165) is 50.0 Å². The zero-order chi connectivity index (χ0) is 16.7. The molecule has 1 saturated heterocycles. The zero-order valence-electron chi connectivity index (χ0n) is 13.5. The van der Waals surface area contributed by atoms with E-state index in [-0.39, 0.29) is 11.9 Å². The van der Waals surface area contributed by atoms with Crippen LogP contribution in [0.25, 0.3) is 0 Å². The molecule has 3 aliphatic rings. The maximum Gasteiger partial charge on any atom is 0.176 e. The van der Waals surface area contributed by atoms with Gasteiger partial charge in [-0.15, -0.1) is 0 Å². The van der Waals surface area contributed by atoms with E-state index in [9.17, 15) is 4.39 Å². The summed E-state index contributed by atoms with van der Waals surface area (Å²) < 4.78 is 14.5. The third-order valence-corrected chi connectivity index (χ3v) is 5.03. The first kappa shape index (κ1) is 15.8. The number of piperazine rings is 1. The average molecular weight is 392 g/mol. The molecule has 0 amide bonds. The van der Waals surface area contributed by atoms with Gasteiger partial charge in [0.25, 0.3) is 0 Å². The lowest BCUT2D eigenvalue weighted by Gasteiger charge is -2.36. The number of rotatable bonds is 0. The Morgan fingerprint density at radius 2 is 2.04 bits per heavy atom. The summed E-state index contributed by atoms with van der Waals surface area (Å²) in [7, 11) is 0. The van der Waals surface area contributed by atoms with E-state index in [0.29, 0.717) is 10.2 Å². The molecule has 1 fully saturated rings. The second-order valence-electron chi connectivity index (χ2n) is 6.22. The number of anilines is 1. The van der Waals surface area contributed by atoms with Gasteiger partial charge in [0.1, 0.15) is 5.82 Å². The van der Waals surface area contributed by atoms with Crippen molar-refractivity contribution in [3.05, 3.63) is 34.7 Å². The molecular formula is C17H19BrFN5. The first-order valence-corrected chi connectivity index (χ1v) is 9.00. The van der Waals surface area contributed by atoms with Crippen LogP contribution in [0.2, 0.25) is 0 Å². The number of hydrogen-bond donors (Lipinski definition) is 1. The number of nitrogens with one attached hydrogen (secondary N) is 1. The predicted octanol–water partition coefficient (Wildman–Crippen LogP) is 3.05. The monoisotopic (exact) mass is 391 g/mol. The van der Waals surface area contributed by atoms with Crippen LogP contribution in [0.1, 0.15) is 13.3 Å². The van der Waals surface area contributed by atoms with Gasteiger partial charge in [-0.2, -0.15) is 0 Å². The summed E-state index contributed by atoms with van der Waals surface area (Å²) in [4.78, 5) is 13.9. The van der Waals surface area contributed by atoms with Crippen LogP contribution in [0.15, 0.2) is 38.9 Å². The number of benzene rings is 1. The second kappa shape index (κ2) is 6.29. The average Bonchev–Trinajstić information content (AvgIpc) is 2.78. The van der Waals surface area contributed by atoms with E-state index < -0.39 is 0 Å². The standard InChI is InChI=1S/C17H19BrFN5/c1-11-3-2-6-24-15-9-12(18)13(19)10-14(15)22-16(17(24)21-11)23-7-4-20-5-8-23/h2,6,9-11,20H,3-5,7-8H2,1H3. The van der Waals surface area contributed by atoms with Crippen molar-refractivity contribution < 1.29 is 4.39 Å². The fourth-order valence-electron chi connectivity index (χ4n) is 3.18. The van der Waals surface area contributed by atoms with Crippen LogP contribution in [0, 0.1) is 5.82 Å². The van der Waals surface area contributed by atoms with Crippen LogP contribution in [-0.2, 0) is 0 Å². The van der Waals surface area contributed by atoms with E-state index in [1.807, 2.05) is 11.1 Å². The topological polar surface area (TPSA) is 43.2 Å². The molecule has 0 radical (unpaired) electrons. The molecule has 0 aromatic heterocycles. The first-order valence-electron chi connectivity index (χ1n) is 8.21. The molecule has 3 aliphatic heterocycles. The molecule has 1 N–H and O–H groups in total. The van der Waals surface area contributed by atoms with Crippen molar-refractivity contribution in [2.45, 2.75) is 19.4 Å². The Labute approximate surface area is 149 Å². The SMILES string of the molecule is CC1CC=CN2C(=N1)C(N1CCNCC1)=Nc1cc(F)c(Br)cc12. The highest BCUT2D eigenvalue weighted by Crippen LogP contribution is 2.38. The van der Waals surface area contributed by atoms with Crippen LogP contribution in [0.5, 0.6) is 0 Å². The van der Waals surface area contributed by atoms with Gasteiger partial charge in [-0.1, -0.05) is 6.08 Å². The third kappa shape index (κ3) is 2.75. The highest BCUT2D eigenvalue weighted by molar-refractivity contribution is 9.10. The van der Waals surface area contributed by atoms with Crippen molar-refractivity contribution in [1.82, 2.24) is 10.2 Å². The van der Waals surface area contributed by atoms with Crippen molar-refractivity contribution in [2.75, 3.05) is 31.1 Å². The molecule has 1 unspecified atom stereocenters. The molecule has 1 aromatic rings. The van der Waals surface area contributed by atoms with Crippen LogP contribution in [0.4, 0.5) is 15.8 Å². The van der Waals surface area contributed by atoms with Gasteiger partial charge in [-0.25, -0.2) is 9.38 Å². The molecule has 5 nitrogen and oxygen atoms in total. The molecule has 0 aliphatic carbocycles. The van der Waals surface area contributed by atoms with E-state index in [4.69, 9.17) is 9.98 Å². The van der Waals surface area contributed by atoms with Crippen LogP contribution in [0.3, 0.4) is 0 Å². The van der Waals surface area contributed by atoms with Gasteiger partial charge in [0.05, 0.1) is 21.9 Å². The Morgan fingerprint density at radius 3 is 2.83 bits per heavy atom. The molecule has 24 heavy (non-hydrogen) atoms. The van der Waals surface area contributed by atoms with E-state index in [2.05, 4.69) is 39.1 Å². The molecule has 4 rings (SSSR count). The smallest absolute Gasteiger partial charge is 0.176 e. The van der Waals surface area contributed by atoms with E-state index in [1.54, 1.807) is 6.07 Å². The van der Waals surface area contributed by atoms with Gasteiger partial charge in [0, 0.05) is 38.4 Å². The Morgan fingerprint density at radius 1 is 1.25 bits per heavy atom. The molecule has 1 atom stereocenters. The van der Waals surface area contributed by atoms with Crippen LogP contribution < -0.4 is 10.2 Å². The van der Waals surface area contributed by atoms with Gasteiger partial charge >= 0.3 is 0 Å². The fourth-order valence-corrected chi connectivity index (χ4v) is 3.51. The molecule has 1 aromatic carbocycles. The summed E-state index contributed by atoms with van der Waals surface area (Å²) in [5, 5.41) is 3.35. The minimum absolute atomic E-state index is 0.194. The van der Waals surface area contributed by atoms with Crippen LogP contribution in [-0.4, -0.2) is 48.8 Å². The lowest BCUT2D eigenvalue weighted by atomic mass is 10.2. The number of hydrogen-bond acceptors (Lipinski definition) is 5. The van der Waals surface area contributed by atoms with Crippen molar-refractivity contribution in [3.63, 3.8) is 0 Å². The van der Waals surface area contributed by atoms with Crippen LogP contribution >= 0.6 is 15.9 Å². The van der Waals surface area contributed by atoms with Crippen molar-refractivity contribution in [3.8, 4) is 0 Å². The third-order valence-electron chi connectivity index (χ3n) is 4.42. The summed E-state index contributed by atoms with van der Waals surface area (Å²) in [5.41, 5.74) is 1.49. The van der Waals surface area contributed by atoms with Gasteiger partial charge in [-0.3, -0.25) is 9.89 Å². The highest BCUT2D eigenvalue weighted by Gasteiger charge is 2.31. The van der Waals surface area contributed by atoms with E-state index >= 15 is 0 Å². The Hall–Kier alpha value is -1.73. The first-order chi connectivity index (χ1) is 11.6. The highest BCUT2D eigenvalue weighted by atomic mass is 79.9. The molecule has 0 saturated carbocycles. The van der Waals surface area contributed by atoms with Gasteiger partial charge < -0.3 is 10.2 Å². The second-order valence-corrected chi connectivity index (χ2v) is 7.07. The Kier molecular flexibility index (Phi) is 4.14. The van der Waals surface area contributed by atoms with Crippen molar-refractivity contribution >= 4 is 39.0 Å². The number of fused-ring (bicyclic) bond motifs is 3. The quantitative estimate of drug-likeness (QED) is 0.738. The van der Waals surface area contributed by atoms with Gasteiger partial charge in [0.15, 0.2) is 11.7 Å². The maximum absolute atomic E-state index is 14.0. The molecule has 0 spiro atoms. The summed E-state index contributed by atoms with van der Waals surface area (Å²) in [6.45, 7) is 5.68. The summed E-state index contributed by atoms with van der Waals surface area (Å²) in [5.74, 6) is 1.39. The minimum atomic E-state index is -0.301. The molecule has 3 heterocycles. The maximum atomic E-state index is 14.0. The van der Waals surface area contributed by atoms with E-state index in [1.165, 1.54) is 6.07 Å².